The first-order valence-corrected chi connectivity index (χ1v) is 7.91. The predicted octanol–water partition coefficient (Wildman–Crippen LogP) is 1.84. The summed E-state index contributed by atoms with van der Waals surface area (Å²) < 4.78 is 0. The highest BCUT2D eigenvalue weighted by molar-refractivity contribution is 5.78. The Hall–Kier alpha value is -1.39. The summed E-state index contributed by atoms with van der Waals surface area (Å²) in [4.78, 5) is 14.6. The molecule has 1 saturated heterocycles. The molecule has 4 nitrogen and oxygen atoms in total. The molecule has 0 bridgehead atoms. The molecule has 116 valence electrons. The SMILES string of the molecule is Cc1ccccc1C(C)N1CCCC(C(=O)NCCN)C1. The summed E-state index contributed by atoms with van der Waals surface area (Å²) in [7, 11) is 0. The van der Waals surface area contributed by atoms with Crippen LogP contribution in [0.15, 0.2) is 24.3 Å². The lowest BCUT2D eigenvalue weighted by Gasteiger charge is -2.37. The fourth-order valence-corrected chi connectivity index (χ4v) is 3.16. The van der Waals surface area contributed by atoms with E-state index >= 15 is 0 Å². The topological polar surface area (TPSA) is 58.4 Å². The lowest BCUT2D eigenvalue weighted by Crippen LogP contribution is -2.44. The fourth-order valence-electron chi connectivity index (χ4n) is 3.16. The Balaban J connectivity index is 2.00. The molecule has 1 heterocycles. The maximum absolute atomic E-state index is 12.1. The summed E-state index contributed by atoms with van der Waals surface area (Å²) in [5.74, 6) is 0.249. The van der Waals surface area contributed by atoms with Crippen LogP contribution in [0.25, 0.3) is 0 Å². The van der Waals surface area contributed by atoms with Gasteiger partial charge in [-0.25, -0.2) is 0 Å². The zero-order chi connectivity index (χ0) is 15.2. The molecule has 3 N–H and O–H groups in total. The van der Waals surface area contributed by atoms with Crippen LogP contribution in [0.4, 0.5) is 0 Å². The van der Waals surface area contributed by atoms with Crippen molar-refractivity contribution in [1.29, 1.82) is 0 Å². The van der Waals surface area contributed by atoms with Gasteiger partial charge in [-0.3, -0.25) is 9.69 Å². The fraction of sp³-hybridized carbons (Fsp3) is 0.588. The third kappa shape index (κ3) is 4.05. The van der Waals surface area contributed by atoms with E-state index in [0.29, 0.717) is 19.1 Å². The molecule has 0 radical (unpaired) electrons. The first-order chi connectivity index (χ1) is 10.1. The molecule has 1 fully saturated rings. The number of nitrogens with zero attached hydrogens (tertiary/aromatic N) is 1. The van der Waals surface area contributed by atoms with E-state index in [1.54, 1.807) is 0 Å². The minimum atomic E-state index is 0.0942. The lowest BCUT2D eigenvalue weighted by atomic mass is 9.93. The number of rotatable bonds is 5. The van der Waals surface area contributed by atoms with Crippen LogP contribution in [-0.2, 0) is 4.79 Å². The zero-order valence-electron chi connectivity index (χ0n) is 13.1. The van der Waals surface area contributed by atoms with Crippen molar-refractivity contribution in [3.8, 4) is 0 Å². The standard InChI is InChI=1S/C17H27N3O/c1-13-6-3-4-8-16(13)14(2)20-11-5-7-15(12-20)17(21)19-10-9-18/h3-4,6,8,14-15H,5,7,9-12,18H2,1-2H3,(H,19,21). The number of nitrogens with one attached hydrogen (secondary N) is 1. The largest absolute Gasteiger partial charge is 0.355 e. The van der Waals surface area contributed by atoms with E-state index < -0.39 is 0 Å². The number of hydrogen-bond acceptors (Lipinski definition) is 3. The molecule has 2 unspecified atom stereocenters. The van der Waals surface area contributed by atoms with E-state index in [1.807, 2.05) is 0 Å². The van der Waals surface area contributed by atoms with Gasteiger partial charge in [-0.2, -0.15) is 0 Å². The van der Waals surface area contributed by atoms with Gasteiger partial charge in [0.25, 0.3) is 0 Å². The second-order valence-corrected chi connectivity index (χ2v) is 5.95. The number of carbonyl (C=O) groups is 1. The van der Waals surface area contributed by atoms with Gasteiger partial charge in [0.15, 0.2) is 0 Å². The average molecular weight is 289 g/mol. The number of likely N-dealkylation sites (tertiary alicyclic amines) is 1. The van der Waals surface area contributed by atoms with Gasteiger partial charge in [0.1, 0.15) is 0 Å². The van der Waals surface area contributed by atoms with Gasteiger partial charge in [0.05, 0.1) is 5.92 Å². The third-order valence-electron chi connectivity index (χ3n) is 4.45. The summed E-state index contributed by atoms with van der Waals surface area (Å²) in [6.45, 7) is 7.37. The van der Waals surface area contributed by atoms with Gasteiger partial charge in [0.2, 0.25) is 5.91 Å². The molecule has 1 aromatic rings. The van der Waals surface area contributed by atoms with Crippen LogP contribution < -0.4 is 11.1 Å². The summed E-state index contributed by atoms with van der Waals surface area (Å²) in [5.41, 5.74) is 8.13. The number of benzene rings is 1. The van der Waals surface area contributed by atoms with E-state index in [2.05, 4.69) is 48.3 Å². The minimum absolute atomic E-state index is 0.0942. The van der Waals surface area contributed by atoms with Crippen molar-refractivity contribution in [3.63, 3.8) is 0 Å². The summed E-state index contributed by atoms with van der Waals surface area (Å²) in [5, 5.41) is 2.92. The molecule has 1 amide bonds. The molecule has 0 aliphatic carbocycles. The summed E-state index contributed by atoms with van der Waals surface area (Å²) in [6, 6.07) is 8.87. The molecule has 2 rings (SSSR count). The Morgan fingerprint density at radius 3 is 2.95 bits per heavy atom. The Morgan fingerprint density at radius 1 is 1.48 bits per heavy atom. The van der Waals surface area contributed by atoms with Crippen molar-refractivity contribution in [1.82, 2.24) is 10.2 Å². The number of amides is 1. The Bertz CT molecular complexity index is 475. The average Bonchev–Trinajstić information content (AvgIpc) is 2.52. The van der Waals surface area contributed by atoms with Crippen LogP contribution in [0.5, 0.6) is 0 Å². The second kappa shape index (κ2) is 7.57. The van der Waals surface area contributed by atoms with Crippen molar-refractivity contribution >= 4 is 5.91 Å². The molecule has 21 heavy (non-hydrogen) atoms. The molecule has 1 aliphatic rings. The maximum atomic E-state index is 12.1. The van der Waals surface area contributed by atoms with E-state index in [9.17, 15) is 4.79 Å². The number of aryl methyl sites for hydroxylation is 1. The lowest BCUT2D eigenvalue weighted by molar-refractivity contribution is -0.126. The molecular formula is C17H27N3O. The van der Waals surface area contributed by atoms with Gasteiger partial charge in [-0.15, -0.1) is 0 Å². The molecule has 4 heteroatoms. The van der Waals surface area contributed by atoms with Crippen molar-refractivity contribution in [2.24, 2.45) is 11.7 Å². The highest BCUT2D eigenvalue weighted by atomic mass is 16.1. The highest BCUT2D eigenvalue weighted by Gasteiger charge is 2.28. The minimum Gasteiger partial charge on any atom is -0.355 e. The second-order valence-electron chi connectivity index (χ2n) is 5.95. The summed E-state index contributed by atoms with van der Waals surface area (Å²) in [6.07, 6.45) is 2.06. The zero-order valence-corrected chi connectivity index (χ0v) is 13.1. The van der Waals surface area contributed by atoms with E-state index in [0.717, 1.165) is 25.9 Å². The molecule has 1 aliphatic heterocycles. The molecule has 1 aromatic carbocycles. The quantitative estimate of drug-likeness (QED) is 0.869. The predicted molar refractivity (Wildman–Crippen MR) is 86.0 cm³/mol. The van der Waals surface area contributed by atoms with Crippen LogP contribution in [0.1, 0.15) is 36.9 Å². The molecule has 2 atom stereocenters. The highest BCUT2D eigenvalue weighted by Crippen LogP contribution is 2.28. The Kier molecular flexibility index (Phi) is 5.76. The Labute approximate surface area is 127 Å². The van der Waals surface area contributed by atoms with Crippen molar-refractivity contribution in [2.75, 3.05) is 26.2 Å². The van der Waals surface area contributed by atoms with Crippen LogP contribution in [0.2, 0.25) is 0 Å². The first-order valence-electron chi connectivity index (χ1n) is 7.91. The number of piperidine rings is 1. The van der Waals surface area contributed by atoms with Crippen LogP contribution >= 0.6 is 0 Å². The molecular weight excluding hydrogens is 262 g/mol. The molecule has 0 saturated carbocycles. The van der Waals surface area contributed by atoms with Crippen LogP contribution in [0, 0.1) is 12.8 Å². The normalized spacial score (nSPS) is 21.0. The van der Waals surface area contributed by atoms with Crippen molar-refractivity contribution < 1.29 is 4.79 Å². The number of carbonyl (C=O) groups excluding carboxylic acids is 1. The van der Waals surface area contributed by atoms with E-state index in [1.165, 1.54) is 11.1 Å². The van der Waals surface area contributed by atoms with Crippen LogP contribution in [-0.4, -0.2) is 37.0 Å². The smallest absolute Gasteiger partial charge is 0.224 e. The van der Waals surface area contributed by atoms with Gasteiger partial charge in [-0.05, 0) is 44.4 Å². The maximum Gasteiger partial charge on any atom is 0.224 e. The first kappa shape index (κ1) is 16.0. The summed E-state index contributed by atoms with van der Waals surface area (Å²) >= 11 is 0. The third-order valence-corrected chi connectivity index (χ3v) is 4.45. The van der Waals surface area contributed by atoms with E-state index in [-0.39, 0.29) is 11.8 Å². The van der Waals surface area contributed by atoms with Gasteiger partial charge < -0.3 is 11.1 Å². The Morgan fingerprint density at radius 2 is 2.24 bits per heavy atom. The van der Waals surface area contributed by atoms with E-state index in [4.69, 9.17) is 5.73 Å². The number of hydrogen-bond donors (Lipinski definition) is 2. The van der Waals surface area contributed by atoms with Gasteiger partial charge in [0, 0.05) is 25.7 Å². The van der Waals surface area contributed by atoms with Crippen molar-refractivity contribution in [2.45, 2.75) is 32.7 Å². The van der Waals surface area contributed by atoms with Gasteiger partial charge >= 0.3 is 0 Å². The molecule has 0 aromatic heterocycles. The van der Waals surface area contributed by atoms with Crippen LogP contribution in [0.3, 0.4) is 0 Å². The number of nitrogens with two attached hydrogens (primary N) is 1. The van der Waals surface area contributed by atoms with Gasteiger partial charge in [-0.1, -0.05) is 24.3 Å². The molecule has 0 spiro atoms. The monoisotopic (exact) mass is 289 g/mol. The van der Waals surface area contributed by atoms with Crippen molar-refractivity contribution in [3.05, 3.63) is 35.4 Å².